The third-order valence-electron chi connectivity index (χ3n) is 7.46. The van der Waals surface area contributed by atoms with Gasteiger partial charge in [-0.25, -0.2) is 4.79 Å². The second-order valence-electron chi connectivity index (χ2n) is 9.96. The number of carbonyl (C=O) groups is 4. The van der Waals surface area contributed by atoms with Gasteiger partial charge in [0.15, 0.2) is 11.6 Å². The average molecular weight is 510 g/mol. The van der Waals surface area contributed by atoms with Crippen LogP contribution in [0.5, 0.6) is 5.75 Å². The van der Waals surface area contributed by atoms with Gasteiger partial charge in [0.1, 0.15) is 23.6 Å². The van der Waals surface area contributed by atoms with E-state index >= 15 is 0 Å². The van der Waals surface area contributed by atoms with Crippen molar-refractivity contribution in [2.75, 3.05) is 0 Å². The molecule has 196 valence electrons. The number of nitrogens with one attached hydrogen (secondary N) is 1. The summed E-state index contributed by atoms with van der Waals surface area (Å²) < 4.78 is 5.39. The third kappa shape index (κ3) is 4.42. The molecule has 2 aliphatic heterocycles. The van der Waals surface area contributed by atoms with Gasteiger partial charge in [0.2, 0.25) is 5.91 Å². The Hall–Kier alpha value is -3.56. The number of aryl methyl sites for hydroxylation is 1. The largest absolute Gasteiger partial charge is 0.507 e. The van der Waals surface area contributed by atoms with Gasteiger partial charge in [-0.05, 0) is 51.2 Å². The van der Waals surface area contributed by atoms with Gasteiger partial charge in [0.25, 0.3) is 0 Å². The zero-order chi connectivity index (χ0) is 27.2. The van der Waals surface area contributed by atoms with E-state index in [0.717, 1.165) is 6.08 Å². The molecule has 2 heterocycles. The number of cyclic esters (lactones) is 1. The number of esters is 1. The van der Waals surface area contributed by atoms with Crippen molar-refractivity contribution in [3.05, 3.63) is 63.9 Å². The molecule has 1 saturated heterocycles. The first-order valence-corrected chi connectivity index (χ1v) is 12.4. The summed E-state index contributed by atoms with van der Waals surface area (Å²) in [4.78, 5) is 52.4. The number of ketones is 2. The Bertz CT molecular complexity index is 1290. The van der Waals surface area contributed by atoms with E-state index in [1.54, 1.807) is 13.0 Å². The Kier molecular flexibility index (Phi) is 6.96. The Morgan fingerprint density at radius 2 is 1.84 bits per heavy atom. The zero-order valence-corrected chi connectivity index (χ0v) is 21.2. The number of Topliss-reactive ketones (excluding diaryl/α,β-unsaturated/α-hetero) is 1. The lowest BCUT2D eigenvalue weighted by Crippen LogP contribution is -2.39. The van der Waals surface area contributed by atoms with Gasteiger partial charge in [-0.2, -0.15) is 0 Å². The van der Waals surface area contributed by atoms with Gasteiger partial charge in [0, 0.05) is 29.2 Å². The van der Waals surface area contributed by atoms with E-state index in [0.29, 0.717) is 12.8 Å². The molecule has 1 aliphatic carbocycles. The lowest BCUT2D eigenvalue weighted by atomic mass is 9.72. The van der Waals surface area contributed by atoms with Crippen LogP contribution < -0.4 is 5.32 Å². The molecular weight excluding hydrogens is 478 g/mol. The average Bonchev–Trinajstić information content (AvgIpc) is 3.09. The topological polar surface area (TPSA) is 150 Å². The first-order chi connectivity index (χ1) is 17.4. The van der Waals surface area contributed by atoms with Gasteiger partial charge in [-0.3, -0.25) is 14.4 Å². The van der Waals surface area contributed by atoms with Gasteiger partial charge in [-0.15, -0.1) is 0 Å². The van der Waals surface area contributed by atoms with E-state index in [9.17, 15) is 34.5 Å². The van der Waals surface area contributed by atoms with Crippen molar-refractivity contribution < 1.29 is 39.2 Å². The van der Waals surface area contributed by atoms with E-state index in [1.165, 1.54) is 32.1 Å². The minimum atomic E-state index is -2.08. The highest BCUT2D eigenvalue weighted by molar-refractivity contribution is 6.17. The SMILES string of the molecule is CC[C@@H]1/C=C\[C@H](O)[C@H](C)OC(=O)/C(C)=C/[C@@H]2C(=O)NC3=CC(=O)c4c(cc(C)c(O)c4C(=O)CC1)[C@@]32O. The van der Waals surface area contributed by atoms with E-state index < -0.39 is 47.2 Å². The maximum absolute atomic E-state index is 13.4. The van der Waals surface area contributed by atoms with Crippen LogP contribution in [-0.2, 0) is 19.9 Å². The number of phenols is 1. The molecule has 0 saturated carbocycles. The van der Waals surface area contributed by atoms with E-state index in [4.69, 9.17) is 4.74 Å². The Balaban J connectivity index is 1.95. The smallest absolute Gasteiger partial charge is 0.333 e. The van der Waals surface area contributed by atoms with Crippen LogP contribution in [0.25, 0.3) is 0 Å². The molecule has 0 unspecified atom stereocenters. The van der Waals surface area contributed by atoms with Crippen molar-refractivity contribution in [2.45, 2.75) is 64.8 Å². The van der Waals surface area contributed by atoms with Crippen molar-refractivity contribution in [3.8, 4) is 5.75 Å². The number of aromatic hydroxyl groups is 1. The number of aliphatic hydroxyl groups is 2. The maximum atomic E-state index is 13.4. The highest BCUT2D eigenvalue weighted by atomic mass is 16.6. The first kappa shape index (κ1) is 26.5. The summed E-state index contributed by atoms with van der Waals surface area (Å²) in [6.07, 6.45) is 4.60. The molecule has 4 N–H and O–H groups in total. The number of phenolic OH excluding ortho intramolecular Hbond substituents is 1. The molecule has 1 aromatic carbocycles. The fourth-order valence-electron chi connectivity index (χ4n) is 5.11. The highest BCUT2D eigenvalue weighted by Gasteiger charge is 2.55. The summed E-state index contributed by atoms with van der Waals surface area (Å²) in [7, 11) is 0. The highest BCUT2D eigenvalue weighted by Crippen LogP contribution is 2.49. The summed E-state index contributed by atoms with van der Waals surface area (Å²) in [5, 5.41) is 35.8. The van der Waals surface area contributed by atoms with Gasteiger partial charge >= 0.3 is 5.97 Å². The lowest BCUT2D eigenvalue weighted by Gasteiger charge is -2.34. The van der Waals surface area contributed by atoms with Crippen LogP contribution in [0.2, 0.25) is 0 Å². The molecule has 0 radical (unpaired) electrons. The second-order valence-corrected chi connectivity index (χ2v) is 9.96. The maximum Gasteiger partial charge on any atom is 0.333 e. The third-order valence-corrected chi connectivity index (χ3v) is 7.46. The fraction of sp³-hybridized carbons (Fsp3) is 0.429. The van der Waals surface area contributed by atoms with Crippen LogP contribution >= 0.6 is 0 Å². The van der Waals surface area contributed by atoms with Crippen molar-refractivity contribution in [1.29, 1.82) is 0 Å². The van der Waals surface area contributed by atoms with Crippen LogP contribution in [0.15, 0.2) is 41.6 Å². The van der Waals surface area contributed by atoms with Gasteiger partial charge < -0.3 is 25.4 Å². The summed E-state index contributed by atoms with van der Waals surface area (Å²) in [6, 6.07) is 1.39. The van der Waals surface area contributed by atoms with Crippen LogP contribution in [0.3, 0.4) is 0 Å². The molecule has 1 fully saturated rings. The monoisotopic (exact) mass is 509 g/mol. The summed E-state index contributed by atoms with van der Waals surface area (Å²) in [5.74, 6) is -4.33. The first-order valence-electron chi connectivity index (χ1n) is 12.4. The number of amides is 1. The van der Waals surface area contributed by atoms with E-state index in [-0.39, 0.29) is 51.6 Å². The normalized spacial score (nSPS) is 32.6. The fourth-order valence-corrected chi connectivity index (χ4v) is 5.11. The molecule has 3 aliphatic rings. The number of hydrogen-bond donors (Lipinski definition) is 4. The van der Waals surface area contributed by atoms with Crippen LogP contribution in [0.4, 0.5) is 0 Å². The minimum Gasteiger partial charge on any atom is -0.507 e. The quantitative estimate of drug-likeness (QED) is 0.333. The molecule has 1 amide bonds. The van der Waals surface area contributed by atoms with Gasteiger partial charge in [-0.1, -0.05) is 25.2 Å². The molecule has 9 nitrogen and oxygen atoms in total. The number of aliphatic hydroxyl groups excluding tert-OH is 1. The number of allylic oxidation sites excluding steroid dienone is 2. The Morgan fingerprint density at radius 3 is 2.51 bits per heavy atom. The Labute approximate surface area is 214 Å². The summed E-state index contributed by atoms with van der Waals surface area (Å²) in [5.41, 5.74) is -2.23. The van der Waals surface area contributed by atoms with E-state index in [1.807, 2.05) is 6.92 Å². The van der Waals surface area contributed by atoms with Gasteiger partial charge in [0.05, 0.1) is 17.2 Å². The van der Waals surface area contributed by atoms with Crippen LogP contribution in [0, 0.1) is 18.8 Å². The van der Waals surface area contributed by atoms with Crippen LogP contribution in [0.1, 0.15) is 71.9 Å². The summed E-state index contributed by atoms with van der Waals surface area (Å²) in [6.45, 7) is 6.42. The molecule has 4 bridgehead atoms. The molecule has 37 heavy (non-hydrogen) atoms. The Morgan fingerprint density at radius 1 is 1.14 bits per heavy atom. The van der Waals surface area contributed by atoms with Crippen molar-refractivity contribution in [2.24, 2.45) is 11.8 Å². The van der Waals surface area contributed by atoms with Crippen molar-refractivity contribution in [3.63, 3.8) is 0 Å². The number of benzene rings is 1. The molecule has 5 atom stereocenters. The van der Waals surface area contributed by atoms with Crippen molar-refractivity contribution >= 4 is 23.4 Å². The second kappa shape index (κ2) is 9.72. The molecule has 0 spiro atoms. The standard InChI is InChI=1S/C28H31NO8/c1-5-16-6-8-19(30)15(4)37-27(35)14(3)11-18-26(34)29-22-12-21(32)23-17(28(18,22)36)10-13(2)25(33)24(23)20(31)9-7-16/h6,8,10-12,15-16,18-19,30,33,36H,5,7,9H2,1-4H3,(H,29,34)/b8-6-,14-11+/t15-,16+,18+,19-,28-/m0/s1. The molecule has 9 heteroatoms. The predicted octanol–water partition coefficient (Wildman–Crippen LogP) is 2.51. The molecule has 0 aromatic heterocycles. The molecule has 1 aromatic rings. The number of carbonyl (C=O) groups excluding carboxylic acids is 4. The number of hydrogen-bond acceptors (Lipinski definition) is 8. The minimum absolute atomic E-state index is 0.00512. The number of ether oxygens (including phenoxy) is 1. The summed E-state index contributed by atoms with van der Waals surface area (Å²) >= 11 is 0. The number of rotatable bonds is 1. The zero-order valence-electron chi connectivity index (χ0n) is 21.2. The lowest BCUT2D eigenvalue weighted by molar-refractivity contribution is -0.147. The molecule has 4 rings (SSSR count). The van der Waals surface area contributed by atoms with Crippen molar-refractivity contribution in [1.82, 2.24) is 5.32 Å². The molecular formula is C28H31NO8. The van der Waals surface area contributed by atoms with Crippen LogP contribution in [-0.4, -0.2) is 51.0 Å². The van der Waals surface area contributed by atoms with E-state index in [2.05, 4.69) is 5.32 Å². The predicted molar refractivity (Wildman–Crippen MR) is 133 cm³/mol.